The van der Waals surface area contributed by atoms with Gasteiger partial charge < -0.3 is 14.9 Å². The van der Waals surface area contributed by atoms with E-state index in [1.807, 2.05) is 13.8 Å². The van der Waals surface area contributed by atoms with Gasteiger partial charge in [0.2, 0.25) is 5.91 Å². The summed E-state index contributed by atoms with van der Waals surface area (Å²) in [5.74, 6) is 0.262. The maximum absolute atomic E-state index is 11.2. The molecule has 7 heteroatoms. The number of aryl methyl sites for hydroxylation is 2. The van der Waals surface area contributed by atoms with Gasteiger partial charge in [-0.3, -0.25) is 9.59 Å². The summed E-state index contributed by atoms with van der Waals surface area (Å²) in [6.45, 7) is 3.32. The number of thioether (sulfide) groups is 1. The zero-order chi connectivity index (χ0) is 12.8. The minimum Gasteiger partial charge on any atom is -0.480 e. The van der Waals surface area contributed by atoms with Crippen LogP contribution in [0, 0.1) is 13.8 Å². The van der Waals surface area contributed by atoms with Gasteiger partial charge in [-0.25, -0.2) is 0 Å². The van der Waals surface area contributed by atoms with Crippen molar-refractivity contribution in [3.63, 3.8) is 0 Å². The second-order valence-electron chi connectivity index (χ2n) is 3.47. The number of aromatic nitrogens is 1. The molecular weight excluding hydrogens is 244 g/mol. The molecule has 6 nitrogen and oxygen atoms in total. The highest BCUT2D eigenvalue weighted by atomic mass is 32.2. The molecule has 0 aliphatic heterocycles. The molecule has 0 saturated heterocycles. The van der Waals surface area contributed by atoms with Crippen LogP contribution in [0.4, 0.5) is 0 Å². The Morgan fingerprint density at radius 3 is 2.71 bits per heavy atom. The van der Waals surface area contributed by atoms with Crippen molar-refractivity contribution in [2.24, 2.45) is 0 Å². The van der Waals surface area contributed by atoms with E-state index in [9.17, 15) is 9.59 Å². The number of rotatable bonds is 6. The van der Waals surface area contributed by atoms with Gasteiger partial charge >= 0.3 is 5.97 Å². The normalized spacial score (nSPS) is 10.2. The first kappa shape index (κ1) is 13.6. The standard InChI is InChI=1S/C10H14N2O4S/c1-6-8(7(2)16-12-6)4-17-5-9(13)11-3-10(14)15/h3-5H2,1-2H3,(H,11,13)(H,14,15). The monoisotopic (exact) mass is 258 g/mol. The van der Waals surface area contributed by atoms with Crippen LogP contribution in [-0.4, -0.2) is 34.4 Å². The van der Waals surface area contributed by atoms with Crippen molar-refractivity contribution >= 4 is 23.6 Å². The molecule has 0 saturated carbocycles. The third-order valence-corrected chi connectivity index (χ3v) is 3.06. The SMILES string of the molecule is Cc1noc(C)c1CSCC(=O)NCC(=O)O. The fourth-order valence-electron chi connectivity index (χ4n) is 1.18. The summed E-state index contributed by atoms with van der Waals surface area (Å²) in [5, 5.41) is 14.5. The molecule has 0 aliphatic carbocycles. The maximum atomic E-state index is 11.2. The summed E-state index contributed by atoms with van der Waals surface area (Å²) < 4.78 is 4.99. The van der Waals surface area contributed by atoms with Crippen molar-refractivity contribution in [1.29, 1.82) is 0 Å². The highest BCUT2D eigenvalue weighted by Gasteiger charge is 2.10. The summed E-state index contributed by atoms with van der Waals surface area (Å²) in [6.07, 6.45) is 0. The number of aliphatic carboxylic acids is 1. The second-order valence-corrected chi connectivity index (χ2v) is 4.45. The van der Waals surface area contributed by atoms with E-state index in [1.54, 1.807) is 0 Å². The molecule has 1 aromatic rings. The lowest BCUT2D eigenvalue weighted by Crippen LogP contribution is -2.30. The molecule has 0 fully saturated rings. The predicted molar refractivity (Wildman–Crippen MR) is 62.8 cm³/mol. The van der Waals surface area contributed by atoms with E-state index >= 15 is 0 Å². The summed E-state index contributed by atoms with van der Waals surface area (Å²) in [5.41, 5.74) is 1.81. The van der Waals surface area contributed by atoms with Crippen molar-refractivity contribution < 1.29 is 19.2 Å². The first-order valence-corrected chi connectivity index (χ1v) is 6.14. The quantitative estimate of drug-likeness (QED) is 0.781. The van der Waals surface area contributed by atoms with Crippen LogP contribution in [0.25, 0.3) is 0 Å². The molecule has 0 spiro atoms. The Kier molecular flexibility index (Phi) is 5.02. The third-order valence-electron chi connectivity index (χ3n) is 2.10. The Morgan fingerprint density at radius 1 is 1.47 bits per heavy atom. The highest BCUT2D eigenvalue weighted by molar-refractivity contribution is 7.99. The minimum absolute atomic E-state index is 0.220. The first-order chi connectivity index (χ1) is 8.00. The van der Waals surface area contributed by atoms with Crippen LogP contribution < -0.4 is 5.32 Å². The Labute approximate surface area is 103 Å². The molecule has 94 valence electrons. The zero-order valence-electron chi connectivity index (χ0n) is 9.65. The average molecular weight is 258 g/mol. The van der Waals surface area contributed by atoms with E-state index in [1.165, 1.54) is 11.8 Å². The fourth-order valence-corrected chi connectivity index (χ4v) is 2.18. The molecule has 0 atom stereocenters. The Balaban J connectivity index is 2.28. The van der Waals surface area contributed by atoms with Gasteiger partial charge in [-0.15, -0.1) is 11.8 Å². The van der Waals surface area contributed by atoms with Crippen LogP contribution in [0.3, 0.4) is 0 Å². The Bertz CT molecular complexity index is 397. The van der Waals surface area contributed by atoms with Gasteiger partial charge in [0.15, 0.2) is 0 Å². The number of carbonyl (C=O) groups excluding carboxylic acids is 1. The molecule has 17 heavy (non-hydrogen) atoms. The predicted octanol–water partition coefficient (Wildman–Crippen LogP) is 0.725. The molecule has 0 aliphatic rings. The van der Waals surface area contributed by atoms with Crippen LogP contribution in [0.1, 0.15) is 17.0 Å². The molecule has 1 rings (SSSR count). The highest BCUT2D eigenvalue weighted by Crippen LogP contribution is 2.18. The summed E-state index contributed by atoms with van der Waals surface area (Å²) in [4.78, 5) is 21.4. The topological polar surface area (TPSA) is 92.4 Å². The average Bonchev–Trinajstić information content (AvgIpc) is 2.57. The molecule has 0 bridgehead atoms. The number of hydrogen-bond donors (Lipinski definition) is 2. The molecule has 1 amide bonds. The lowest BCUT2D eigenvalue weighted by atomic mass is 10.2. The fraction of sp³-hybridized carbons (Fsp3) is 0.500. The van der Waals surface area contributed by atoms with Gasteiger partial charge in [0.05, 0.1) is 11.4 Å². The van der Waals surface area contributed by atoms with Crippen molar-refractivity contribution in [1.82, 2.24) is 10.5 Å². The number of nitrogens with one attached hydrogen (secondary N) is 1. The van der Waals surface area contributed by atoms with Crippen LogP contribution in [-0.2, 0) is 15.3 Å². The Hall–Kier alpha value is -1.50. The van der Waals surface area contributed by atoms with E-state index < -0.39 is 5.97 Å². The molecule has 1 heterocycles. The molecule has 0 aromatic carbocycles. The largest absolute Gasteiger partial charge is 0.480 e. The van der Waals surface area contributed by atoms with E-state index in [-0.39, 0.29) is 18.2 Å². The molecule has 0 radical (unpaired) electrons. The number of carbonyl (C=O) groups is 2. The summed E-state index contributed by atoms with van der Waals surface area (Å²) >= 11 is 1.39. The van der Waals surface area contributed by atoms with E-state index in [4.69, 9.17) is 9.63 Å². The van der Waals surface area contributed by atoms with Gasteiger partial charge in [-0.2, -0.15) is 0 Å². The van der Waals surface area contributed by atoms with Crippen LogP contribution in [0.5, 0.6) is 0 Å². The van der Waals surface area contributed by atoms with Gasteiger partial charge in [0, 0.05) is 11.3 Å². The van der Waals surface area contributed by atoms with Crippen molar-refractivity contribution in [3.05, 3.63) is 17.0 Å². The molecule has 0 unspecified atom stereocenters. The smallest absolute Gasteiger partial charge is 0.322 e. The number of nitrogens with zero attached hydrogens (tertiary/aromatic N) is 1. The minimum atomic E-state index is -1.05. The van der Waals surface area contributed by atoms with Gasteiger partial charge in [-0.1, -0.05) is 5.16 Å². The van der Waals surface area contributed by atoms with Crippen LogP contribution in [0.2, 0.25) is 0 Å². The zero-order valence-corrected chi connectivity index (χ0v) is 10.5. The molecule has 2 N–H and O–H groups in total. The summed E-state index contributed by atoms with van der Waals surface area (Å²) in [7, 11) is 0. The van der Waals surface area contributed by atoms with Gasteiger partial charge in [0.1, 0.15) is 12.3 Å². The Morgan fingerprint density at radius 2 is 2.18 bits per heavy atom. The number of amides is 1. The molecule has 1 aromatic heterocycles. The lowest BCUT2D eigenvalue weighted by molar-refractivity contribution is -0.137. The van der Waals surface area contributed by atoms with Crippen molar-refractivity contribution in [3.8, 4) is 0 Å². The number of hydrogen-bond acceptors (Lipinski definition) is 5. The van der Waals surface area contributed by atoms with Crippen molar-refractivity contribution in [2.75, 3.05) is 12.3 Å². The maximum Gasteiger partial charge on any atom is 0.322 e. The van der Waals surface area contributed by atoms with Crippen LogP contribution >= 0.6 is 11.8 Å². The molecular formula is C10H14N2O4S. The van der Waals surface area contributed by atoms with Crippen molar-refractivity contribution in [2.45, 2.75) is 19.6 Å². The second kappa shape index (κ2) is 6.29. The van der Waals surface area contributed by atoms with E-state index in [0.29, 0.717) is 5.75 Å². The van der Waals surface area contributed by atoms with Crippen LogP contribution in [0.15, 0.2) is 4.52 Å². The number of carboxylic acids is 1. The summed E-state index contributed by atoms with van der Waals surface area (Å²) in [6, 6.07) is 0. The van der Waals surface area contributed by atoms with E-state index in [0.717, 1.165) is 17.0 Å². The van der Waals surface area contributed by atoms with E-state index in [2.05, 4.69) is 10.5 Å². The van der Waals surface area contributed by atoms with Gasteiger partial charge in [-0.05, 0) is 13.8 Å². The number of carboxylic acid groups (broad SMARTS) is 1. The van der Waals surface area contributed by atoms with Gasteiger partial charge in [0.25, 0.3) is 0 Å². The third kappa shape index (κ3) is 4.48. The lowest BCUT2D eigenvalue weighted by Gasteiger charge is -2.02. The first-order valence-electron chi connectivity index (χ1n) is 4.98.